The van der Waals surface area contributed by atoms with E-state index in [1.807, 2.05) is 0 Å². The molecule has 2 saturated carbocycles. The third-order valence-corrected chi connectivity index (χ3v) is 5.79. The molecule has 19 heavy (non-hydrogen) atoms. The number of nitrogens with two attached hydrogens (primary N) is 1. The molecule has 4 nitrogen and oxygen atoms in total. The normalized spacial score (nSPS) is 36.7. The molecule has 4 atom stereocenters. The molecule has 0 aromatic rings. The van der Waals surface area contributed by atoms with Crippen molar-refractivity contribution in [3.8, 4) is 0 Å². The molecular formula is C14H27ClN2O2. The lowest BCUT2D eigenvalue weighted by molar-refractivity contribution is -0.125. The average molecular weight is 291 g/mol. The highest BCUT2D eigenvalue weighted by molar-refractivity contribution is 5.85. The lowest BCUT2D eigenvalue weighted by Crippen LogP contribution is -2.52. The highest BCUT2D eigenvalue weighted by Crippen LogP contribution is 2.65. The van der Waals surface area contributed by atoms with Crippen LogP contribution in [0.25, 0.3) is 0 Å². The first-order valence-corrected chi connectivity index (χ1v) is 6.88. The summed E-state index contributed by atoms with van der Waals surface area (Å²) in [5.74, 6) is 0.651. The van der Waals surface area contributed by atoms with Gasteiger partial charge in [-0.15, -0.1) is 12.4 Å². The molecule has 1 amide bonds. The largest absolute Gasteiger partial charge is 0.383 e. The Bertz CT molecular complexity index is 348. The number of ether oxygens (including phenoxy) is 1. The summed E-state index contributed by atoms with van der Waals surface area (Å²) >= 11 is 0. The van der Waals surface area contributed by atoms with Crippen LogP contribution in [0.15, 0.2) is 0 Å². The number of hydrogen-bond donors (Lipinski definition) is 2. The summed E-state index contributed by atoms with van der Waals surface area (Å²) in [6, 6.07) is -0.289. The minimum absolute atomic E-state index is 0. The van der Waals surface area contributed by atoms with Gasteiger partial charge in [-0.2, -0.15) is 0 Å². The van der Waals surface area contributed by atoms with Crippen molar-refractivity contribution in [1.82, 2.24) is 5.32 Å². The van der Waals surface area contributed by atoms with Crippen LogP contribution in [0.1, 0.15) is 40.0 Å². The van der Waals surface area contributed by atoms with Gasteiger partial charge < -0.3 is 15.8 Å². The molecule has 0 spiro atoms. The Morgan fingerprint density at radius 3 is 2.53 bits per heavy atom. The van der Waals surface area contributed by atoms with Crippen molar-refractivity contribution >= 4 is 18.3 Å². The van der Waals surface area contributed by atoms with Gasteiger partial charge in [-0.3, -0.25) is 4.79 Å². The zero-order valence-corrected chi connectivity index (χ0v) is 13.2. The van der Waals surface area contributed by atoms with Crippen molar-refractivity contribution in [3.63, 3.8) is 0 Å². The van der Waals surface area contributed by atoms with Crippen LogP contribution in [0.2, 0.25) is 0 Å². The van der Waals surface area contributed by atoms with Gasteiger partial charge >= 0.3 is 0 Å². The topological polar surface area (TPSA) is 64.3 Å². The standard InChI is InChI=1S/C14H26N2O2.ClH/c1-13(2)9-5-6-14(13,3)11(7-9)16-12(17)10(15)8-18-4;/h9-11H,5-8,15H2,1-4H3,(H,16,17);1H. The number of fused-ring (bicyclic) bond motifs is 2. The Hall–Kier alpha value is -0.320. The lowest BCUT2D eigenvalue weighted by atomic mass is 9.69. The molecule has 4 unspecified atom stereocenters. The second kappa shape index (κ2) is 5.58. The summed E-state index contributed by atoms with van der Waals surface area (Å²) in [5, 5.41) is 3.15. The number of carbonyl (C=O) groups excluding carboxylic acids is 1. The molecule has 2 fully saturated rings. The monoisotopic (exact) mass is 290 g/mol. The fourth-order valence-electron chi connectivity index (χ4n) is 3.96. The molecule has 2 bridgehead atoms. The molecule has 0 saturated heterocycles. The predicted molar refractivity (Wildman–Crippen MR) is 78.3 cm³/mol. The number of hydrogen-bond acceptors (Lipinski definition) is 3. The highest BCUT2D eigenvalue weighted by Gasteiger charge is 2.61. The minimum atomic E-state index is -0.555. The van der Waals surface area contributed by atoms with E-state index in [0.717, 1.165) is 12.3 Å². The van der Waals surface area contributed by atoms with E-state index in [4.69, 9.17) is 10.5 Å². The SMILES string of the molecule is COCC(N)C(=O)NC1CC2CCC1(C)C2(C)C.Cl. The van der Waals surface area contributed by atoms with Crippen LogP contribution < -0.4 is 11.1 Å². The Balaban J connectivity index is 0.00000180. The van der Waals surface area contributed by atoms with Crippen molar-refractivity contribution in [2.24, 2.45) is 22.5 Å². The Kier molecular flexibility index (Phi) is 4.92. The van der Waals surface area contributed by atoms with E-state index in [1.54, 1.807) is 7.11 Å². The van der Waals surface area contributed by atoms with Crippen LogP contribution in [-0.2, 0) is 9.53 Å². The summed E-state index contributed by atoms with van der Waals surface area (Å²) < 4.78 is 4.93. The van der Waals surface area contributed by atoms with Crippen LogP contribution in [0.5, 0.6) is 0 Å². The van der Waals surface area contributed by atoms with Gasteiger partial charge in [-0.05, 0) is 36.0 Å². The molecule has 0 heterocycles. The summed E-state index contributed by atoms with van der Waals surface area (Å²) in [4.78, 5) is 12.0. The van der Waals surface area contributed by atoms with Gasteiger partial charge in [0, 0.05) is 13.2 Å². The van der Waals surface area contributed by atoms with Crippen LogP contribution in [0, 0.1) is 16.7 Å². The minimum Gasteiger partial charge on any atom is -0.383 e. The van der Waals surface area contributed by atoms with Crippen molar-refractivity contribution < 1.29 is 9.53 Å². The van der Waals surface area contributed by atoms with E-state index in [-0.39, 0.29) is 36.4 Å². The summed E-state index contributed by atoms with van der Waals surface area (Å²) in [7, 11) is 1.56. The third-order valence-electron chi connectivity index (χ3n) is 5.79. The van der Waals surface area contributed by atoms with Crippen LogP contribution in [0.3, 0.4) is 0 Å². The Morgan fingerprint density at radius 2 is 2.11 bits per heavy atom. The van der Waals surface area contributed by atoms with Gasteiger partial charge in [0.1, 0.15) is 6.04 Å². The van der Waals surface area contributed by atoms with Crippen molar-refractivity contribution in [2.45, 2.75) is 52.1 Å². The highest BCUT2D eigenvalue weighted by atomic mass is 35.5. The van der Waals surface area contributed by atoms with Crippen LogP contribution >= 0.6 is 12.4 Å². The number of methoxy groups -OCH3 is 1. The van der Waals surface area contributed by atoms with E-state index < -0.39 is 6.04 Å². The maximum Gasteiger partial charge on any atom is 0.239 e. The number of nitrogens with one attached hydrogen (secondary N) is 1. The van der Waals surface area contributed by atoms with Crippen molar-refractivity contribution in [3.05, 3.63) is 0 Å². The molecule has 0 radical (unpaired) electrons. The maximum absolute atomic E-state index is 12.0. The fraction of sp³-hybridized carbons (Fsp3) is 0.929. The van der Waals surface area contributed by atoms with Crippen molar-refractivity contribution in [2.75, 3.05) is 13.7 Å². The lowest BCUT2D eigenvalue weighted by Gasteiger charge is -2.39. The quantitative estimate of drug-likeness (QED) is 0.828. The molecule has 0 aromatic heterocycles. The second-order valence-corrected chi connectivity index (χ2v) is 6.73. The first-order chi connectivity index (χ1) is 8.33. The molecule has 0 aliphatic heterocycles. The van der Waals surface area contributed by atoms with E-state index in [0.29, 0.717) is 5.41 Å². The van der Waals surface area contributed by atoms with Gasteiger partial charge in [0.25, 0.3) is 0 Å². The van der Waals surface area contributed by atoms with Gasteiger partial charge in [0.15, 0.2) is 0 Å². The van der Waals surface area contributed by atoms with Gasteiger partial charge in [-0.1, -0.05) is 20.8 Å². The van der Waals surface area contributed by atoms with E-state index >= 15 is 0 Å². The summed E-state index contributed by atoms with van der Waals surface area (Å²) in [5.41, 5.74) is 6.30. The van der Waals surface area contributed by atoms with E-state index in [9.17, 15) is 4.79 Å². The number of halogens is 1. The third kappa shape index (κ3) is 2.50. The van der Waals surface area contributed by atoms with Gasteiger partial charge in [0.05, 0.1) is 6.61 Å². The molecule has 0 aromatic carbocycles. The van der Waals surface area contributed by atoms with Crippen LogP contribution in [-0.4, -0.2) is 31.7 Å². The van der Waals surface area contributed by atoms with E-state index in [2.05, 4.69) is 26.1 Å². The molecule has 2 aliphatic carbocycles. The van der Waals surface area contributed by atoms with E-state index in [1.165, 1.54) is 12.8 Å². The van der Waals surface area contributed by atoms with Gasteiger partial charge in [-0.25, -0.2) is 0 Å². The smallest absolute Gasteiger partial charge is 0.239 e. The van der Waals surface area contributed by atoms with Crippen molar-refractivity contribution in [1.29, 1.82) is 0 Å². The van der Waals surface area contributed by atoms with Gasteiger partial charge in [0.2, 0.25) is 5.91 Å². The van der Waals surface area contributed by atoms with Crippen LogP contribution in [0.4, 0.5) is 0 Å². The molecule has 2 aliphatic rings. The Labute approximate surface area is 122 Å². The molecule has 2 rings (SSSR count). The number of amides is 1. The Morgan fingerprint density at radius 1 is 1.47 bits per heavy atom. The molecule has 5 heteroatoms. The second-order valence-electron chi connectivity index (χ2n) is 6.73. The summed E-state index contributed by atoms with van der Waals surface area (Å²) in [6.07, 6.45) is 3.59. The molecular weight excluding hydrogens is 264 g/mol. The number of rotatable bonds is 4. The predicted octanol–water partition coefficient (Wildman–Crippen LogP) is 1.71. The first kappa shape index (κ1) is 16.7. The first-order valence-electron chi connectivity index (χ1n) is 6.88. The maximum atomic E-state index is 12.0. The molecule has 3 N–H and O–H groups in total. The molecule has 112 valence electrons. The summed E-state index contributed by atoms with van der Waals surface area (Å²) in [6.45, 7) is 7.27. The average Bonchev–Trinajstić information content (AvgIpc) is 2.62. The fourth-order valence-corrected chi connectivity index (χ4v) is 3.96. The zero-order chi connectivity index (χ0) is 13.6. The zero-order valence-electron chi connectivity index (χ0n) is 12.4. The number of carbonyl (C=O) groups is 1.